The van der Waals surface area contributed by atoms with Crippen LogP contribution in [0.4, 0.5) is 32.8 Å². The Morgan fingerprint density at radius 3 is 0.812 bits per heavy atom. The molecule has 8 aromatic carbocycles. The van der Waals surface area contributed by atoms with Crippen molar-refractivity contribution < 1.29 is 9.47 Å². The molecule has 10 aromatic rings. The minimum atomic E-state index is -0.778. The first-order chi connectivity index (χ1) is 31.7. The summed E-state index contributed by atoms with van der Waals surface area (Å²) in [4.78, 5) is 7.34. The lowest BCUT2D eigenvalue weighted by Gasteiger charge is -2.50. The third-order valence-electron chi connectivity index (χ3n) is 13.0. The van der Waals surface area contributed by atoms with E-state index in [2.05, 4.69) is 240 Å². The standard InChI is InChI=1S/C58H38N2O2S2/c1-5-21-39(22-6-1)59(40-23-7-2-8-24-40)53-37-47-55(63-53)58(45-31-15-19-35-51(45)62-52-36-20-16-32-46(52)58)48-38-54(60(41-25-9-3-10-26-41)42-27-11-4-12-28-42)64-56(48)57(47)43-29-13-17-33-49(43)61-50-34-18-14-30-44(50)57/h1-38H. The molecule has 1 aliphatic carbocycles. The number of nitrogens with zero attached hydrogens (tertiary/aromatic N) is 2. The van der Waals surface area contributed by atoms with Crippen LogP contribution in [0.3, 0.4) is 0 Å². The molecular formula is C58H38N2O2S2. The Hall–Kier alpha value is -7.64. The predicted octanol–water partition coefficient (Wildman–Crippen LogP) is 16.0. The van der Waals surface area contributed by atoms with Crippen molar-refractivity contribution in [2.75, 3.05) is 9.80 Å². The zero-order valence-corrected chi connectivity index (χ0v) is 36.1. The van der Waals surface area contributed by atoms with Gasteiger partial charge in [0, 0.05) is 54.8 Å². The van der Waals surface area contributed by atoms with Crippen molar-refractivity contribution >= 4 is 55.4 Å². The van der Waals surface area contributed by atoms with Gasteiger partial charge in [-0.15, -0.1) is 22.7 Å². The summed E-state index contributed by atoms with van der Waals surface area (Å²) in [5.74, 6) is 3.43. The molecule has 0 bridgehead atoms. The Morgan fingerprint density at radius 1 is 0.281 bits per heavy atom. The van der Waals surface area contributed by atoms with E-state index in [0.717, 1.165) is 78.0 Å². The second-order valence-electron chi connectivity index (χ2n) is 16.4. The van der Waals surface area contributed by atoms with E-state index < -0.39 is 10.8 Å². The summed E-state index contributed by atoms with van der Waals surface area (Å²) < 4.78 is 13.9. The molecule has 13 rings (SSSR count). The Balaban J connectivity index is 1.23. The number of rotatable bonds is 6. The van der Waals surface area contributed by atoms with Gasteiger partial charge in [-0.25, -0.2) is 0 Å². The number of hydrogen-bond donors (Lipinski definition) is 0. The van der Waals surface area contributed by atoms with E-state index in [0.29, 0.717) is 0 Å². The molecule has 4 nitrogen and oxygen atoms in total. The van der Waals surface area contributed by atoms with E-state index in [1.165, 1.54) is 20.9 Å². The maximum absolute atomic E-state index is 6.94. The first-order valence-corrected chi connectivity index (χ1v) is 23.2. The van der Waals surface area contributed by atoms with Crippen LogP contribution < -0.4 is 19.3 Å². The van der Waals surface area contributed by atoms with Crippen LogP contribution in [0.2, 0.25) is 0 Å². The zero-order valence-electron chi connectivity index (χ0n) is 34.5. The SMILES string of the molecule is c1ccc(N(c2ccccc2)c2cc3c(s2)C2(c4ccccc4Oc4ccccc42)c2cc(N(c4ccccc4)c4ccccc4)sc2C32c3ccccc3Oc3ccccc32)cc1. The average Bonchev–Trinajstić information content (AvgIpc) is 4.01. The number of fused-ring (bicyclic) bond motifs is 14. The fourth-order valence-corrected chi connectivity index (χ4v) is 13.5. The molecule has 4 heterocycles. The third-order valence-corrected chi connectivity index (χ3v) is 15.5. The molecule has 2 spiro atoms. The molecule has 2 aromatic heterocycles. The summed E-state index contributed by atoms with van der Waals surface area (Å²) in [6.45, 7) is 0. The maximum atomic E-state index is 6.94. The molecule has 2 aliphatic heterocycles. The Kier molecular flexibility index (Phi) is 8.35. The van der Waals surface area contributed by atoms with E-state index in [1.54, 1.807) is 0 Å². The summed E-state index contributed by atoms with van der Waals surface area (Å²) in [5, 5.41) is 2.24. The van der Waals surface area contributed by atoms with E-state index in [-0.39, 0.29) is 0 Å². The Labute approximate surface area is 380 Å². The number of anilines is 6. The van der Waals surface area contributed by atoms with Gasteiger partial charge >= 0.3 is 0 Å². The molecule has 0 N–H and O–H groups in total. The van der Waals surface area contributed by atoms with Crippen LogP contribution in [0.1, 0.15) is 43.1 Å². The third kappa shape index (κ3) is 5.21. The van der Waals surface area contributed by atoms with E-state index in [4.69, 9.17) is 9.47 Å². The molecule has 0 atom stereocenters. The van der Waals surface area contributed by atoms with Crippen molar-refractivity contribution in [2.45, 2.75) is 10.8 Å². The summed E-state index contributed by atoms with van der Waals surface area (Å²) in [6, 6.07) is 82.8. The van der Waals surface area contributed by atoms with Gasteiger partial charge in [-0.3, -0.25) is 0 Å². The van der Waals surface area contributed by atoms with Crippen LogP contribution in [0, 0.1) is 0 Å². The number of hydrogen-bond acceptors (Lipinski definition) is 6. The molecule has 0 amide bonds. The highest BCUT2D eigenvalue weighted by atomic mass is 32.1. The van der Waals surface area contributed by atoms with Crippen molar-refractivity contribution in [2.24, 2.45) is 0 Å². The molecule has 64 heavy (non-hydrogen) atoms. The Morgan fingerprint density at radius 2 is 0.531 bits per heavy atom. The largest absolute Gasteiger partial charge is 0.457 e. The van der Waals surface area contributed by atoms with E-state index >= 15 is 0 Å². The van der Waals surface area contributed by atoms with Crippen molar-refractivity contribution in [3.63, 3.8) is 0 Å². The highest BCUT2D eigenvalue weighted by Gasteiger charge is 2.61. The van der Waals surface area contributed by atoms with Gasteiger partial charge in [0.25, 0.3) is 0 Å². The van der Waals surface area contributed by atoms with Crippen LogP contribution >= 0.6 is 22.7 Å². The van der Waals surface area contributed by atoms with Crippen LogP contribution in [-0.4, -0.2) is 0 Å². The summed E-state index contributed by atoms with van der Waals surface area (Å²) in [5.41, 5.74) is 9.75. The van der Waals surface area contributed by atoms with Gasteiger partial charge in [0.15, 0.2) is 0 Å². The van der Waals surface area contributed by atoms with Crippen molar-refractivity contribution in [1.82, 2.24) is 0 Å². The lowest BCUT2D eigenvalue weighted by molar-refractivity contribution is 0.418. The predicted molar refractivity (Wildman–Crippen MR) is 262 cm³/mol. The first-order valence-electron chi connectivity index (χ1n) is 21.6. The Bertz CT molecular complexity index is 2920. The molecule has 0 saturated heterocycles. The van der Waals surface area contributed by atoms with Gasteiger partial charge in [0.05, 0.1) is 10.8 Å². The van der Waals surface area contributed by atoms with Crippen LogP contribution in [-0.2, 0) is 10.8 Å². The highest BCUT2D eigenvalue weighted by Crippen LogP contribution is 2.71. The quantitative estimate of drug-likeness (QED) is 0.166. The molecule has 304 valence electrons. The molecule has 0 unspecified atom stereocenters. The number of para-hydroxylation sites is 8. The minimum Gasteiger partial charge on any atom is -0.457 e. The summed E-state index contributed by atoms with van der Waals surface area (Å²) >= 11 is 3.75. The van der Waals surface area contributed by atoms with Gasteiger partial charge in [0.1, 0.15) is 33.0 Å². The molecule has 3 aliphatic rings. The summed E-state index contributed by atoms with van der Waals surface area (Å²) in [7, 11) is 0. The van der Waals surface area contributed by atoms with Gasteiger partial charge in [0.2, 0.25) is 0 Å². The average molecular weight is 859 g/mol. The molecular weight excluding hydrogens is 821 g/mol. The highest BCUT2D eigenvalue weighted by molar-refractivity contribution is 7.18. The second-order valence-corrected chi connectivity index (χ2v) is 18.4. The van der Waals surface area contributed by atoms with Crippen molar-refractivity contribution in [3.8, 4) is 23.0 Å². The fraction of sp³-hybridized carbons (Fsp3) is 0.0345. The van der Waals surface area contributed by atoms with Crippen LogP contribution in [0.5, 0.6) is 23.0 Å². The lowest BCUT2D eigenvalue weighted by Crippen LogP contribution is -2.45. The minimum absolute atomic E-state index is 0.778. The number of benzene rings is 8. The van der Waals surface area contributed by atoms with Gasteiger partial charge in [-0.2, -0.15) is 0 Å². The zero-order chi connectivity index (χ0) is 42.2. The van der Waals surface area contributed by atoms with Gasteiger partial charge in [-0.1, -0.05) is 146 Å². The molecule has 6 heteroatoms. The smallest absolute Gasteiger partial charge is 0.132 e. The molecule has 0 radical (unpaired) electrons. The number of thiophene rings is 2. The van der Waals surface area contributed by atoms with Crippen LogP contribution in [0.25, 0.3) is 0 Å². The van der Waals surface area contributed by atoms with Gasteiger partial charge < -0.3 is 19.3 Å². The van der Waals surface area contributed by atoms with Crippen LogP contribution in [0.15, 0.2) is 231 Å². The topological polar surface area (TPSA) is 24.9 Å². The number of ether oxygens (including phenoxy) is 2. The first kappa shape index (κ1) is 37.0. The van der Waals surface area contributed by atoms with E-state index in [1.807, 2.05) is 22.7 Å². The fourth-order valence-electron chi connectivity index (χ4n) is 10.5. The molecule has 0 saturated carbocycles. The van der Waals surface area contributed by atoms with Crippen molar-refractivity contribution in [1.29, 1.82) is 0 Å². The monoisotopic (exact) mass is 858 g/mol. The summed E-state index contributed by atoms with van der Waals surface area (Å²) in [6.07, 6.45) is 0. The normalized spacial score (nSPS) is 14.1. The van der Waals surface area contributed by atoms with Crippen molar-refractivity contribution in [3.05, 3.63) is 274 Å². The second kappa shape index (κ2) is 14.5. The lowest BCUT2D eigenvalue weighted by atomic mass is 9.54. The molecule has 0 fully saturated rings. The van der Waals surface area contributed by atoms with Gasteiger partial charge in [-0.05, 0) is 96.1 Å². The maximum Gasteiger partial charge on any atom is 0.132 e. The van der Waals surface area contributed by atoms with E-state index in [9.17, 15) is 0 Å².